The first-order valence-corrected chi connectivity index (χ1v) is 12.2. The summed E-state index contributed by atoms with van der Waals surface area (Å²) < 4.78 is 12.5. The molecule has 1 atom stereocenters. The fourth-order valence-electron chi connectivity index (χ4n) is 3.91. The summed E-state index contributed by atoms with van der Waals surface area (Å²) in [6.45, 7) is 5.91. The van der Waals surface area contributed by atoms with E-state index in [0.717, 1.165) is 4.57 Å². The number of carbonyl (C=O) groups excluding carboxylic acids is 3. The number of hydrogen-bond acceptors (Lipinski definition) is 7. The molecule has 0 bridgehead atoms. The van der Waals surface area contributed by atoms with Crippen LogP contribution >= 0.6 is 11.6 Å². The summed E-state index contributed by atoms with van der Waals surface area (Å²) in [5.41, 5.74) is 1.57. The average molecular weight is 554 g/mol. The predicted molar refractivity (Wildman–Crippen MR) is 146 cm³/mol. The van der Waals surface area contributed by atoms with Crippen LogP contribution in [0.3, 0.4) is 0 Å². The van der Waals surface area contributed by atoms with Crippen LogP contribution in [-0.2, 0) is 33.2 Å². The second-order valence-electron chi connectivity index (χ2n) is 8.81. The van der Waals surface area contributed by atoms with Crippen molar-refractivity contribution in [2.24, 2.45) is 14.1 Å². The second-order valence-corrected chi connectivity index (χ2v) is 9.22. The van der Waals surface area contributed by atoms with Crippen LogP contribution in [0.5, 0.6) is 0 Å². The molecule has 204 valence electrons. The number of benzene rings is 2. The van der Waals surface area contributed by atoms with Gasteiger partial charge in [0.05, 0.1) is 16.1 Å². The van der Waals surface area contributed by atoms with Gasteiger partial charge in [0.15, 0.2) is 0 Å². The van der Waals surface area contributed by atoms with Crippen LogP contribution in [0.4, 0.5) is 0 Å². The molecule has 1 amide bonds. The van der Waals surface area contributed by atoms with Gasteiger partial charge < -0.3 is 19.4 Å². The van der Waals surface area contributed by atoms with Crippen molar-refractivity contribution in [3.63, 3.8) is 0 Å². The lowest BCUT2D eigenvalue weighted by Crippen LogP contribution is -2.39. The normalized spacial score (nSPS) is 12.0. The van der Waals surface area contributed by atoms with Crippen molar-refractivity contribution >= 4 is 35.5 Å². The number of halogens is 1. The summed E-state index contributed by atoms with van der Waals surface area (Å²) >= 11 is 6.22. The molecule has 0 radical (unpaired) electrons. The Bertz CT molecular complexity index is 1580. The third kappa shape index (κ3) is 6.53. The van der Waals surface area contributed by atoms with E-state index in [0.29, 0.717) is 27.9 Å². The maximum Gasteiger partial charge on any atom is 0.357 e. The lowest BCUT2D eigenvalue weighted by atomic mass is 10.0. The van der Waals surface area contributed by atoms with E-state index in [2.05, 4.69) is 5.32 Å². The van der Waals surface area contributed by atoms with Gasteiger partial charge in [-0.05, 0) is 42.7 Å². The van der Waals surface area contributed by atoms with Gasteiger partial charge in [0.2, 0.25) is 6.29 Å². The molecule has 0 aliphatic rings. The first-order valence-electron chi connectivity index (χ1n) is 11.8. The predicted octanol–water partition coefficient (Wildman–Crippen LogP) is 3.24. The SMILES string of the molecule is CC(=O)OC(C)OC(=O)/C(=C/c1ccc(-c2c(C)n(C)c(=O)n(C)c2=O)cc1)NC(=O)c1c(C)cccc1Cl. The third-order valence-corrected chi connectivity index (χ3v) is 6.30. The zero-order valence-corrected chi connectivity index (χ0v) is 23.1. The van der Waals surface area contributed by atoms with Crippen LogP contribution in [0.2, 0.25) is 5.02 Å². The first kappa shape index (κ1) is 29.1. The smallest absolute Gasteiger partial charge is 0.357 e. The molecule has 10 nitrogen and oxygen atoms in total. The van der Waals surface area contributed by atoms with Gasteiger partial charge in [-0.15, -0.1) is 0 Å². The molecule has 2 aromatic carbocycles. The van der Waals surface area contributed by atoms with E-state index in [-0.39, 0.29) is 16.3 Å². The molecule has 1 heterocycles. The number of nitrogens with zero attached hydrogens (tertiary/aromatic N) is 2. The van der Waals surface area contributed by atoms with Crippen molar-refractivity contribution < 1.29 is 23.9 Å². The molecule has 0 saturated heterocycles. The average Bonchev–Trinajstić information content (AvgIpc) is 2.86. The van der Waals surface area contributed by atoms with E-state index in [9.17, 15) is 24.0 Å². The van der Waals surface area contributed by atoms with Gasteiger partial charge in [-0.1, -0.05) is 48.0 Å². The summed E-state index contributed by atoms with van der Waals surface area (Å²) in [4.78, 5) is 62.2. The van der Waals surface area contributed by atoms with Crippen molar-refractivity contribution in [2.45, 2.75) is 34.0 Å². The molecule has 0 fully saturated rings. The van der Waals surface area contributed by atoms with Gasteiger partial charge in [0, 0.05) is 33.6 Å². The number of esters is 2. The Morgan fingerprint density at radius 1 is 0.974 bits per heavy atom. The van der Waals surface area contributed by atoms with Crippen molar-refractivity contribution in [1.29, 1.82) is 0 Å². The quantitative estimate of drug-likeness (QED) is 0.270. The highest BCUT2D eigenvalue weighted by molar-refractivity contribution is 6.34. The monoisotopic (exact) mass is 553 g/mol. The number of hydrogen-bond donors (Lipinski definition) is 1. The number of aromatic nitrogens is 2. The van der Waals surface area contributed by atoms with E-state index in [4.69, 9.17) is 21.1 Å². The molecular formula is C28H28ClN3O7. The van der Waals surface area contributed by atoms with E-state index in [1.807, 2.05) is 0 Å². The topological polar surface area (TPSA) is 126 Å². The number of amides is 1. The number of nitrogens with one attached hydrogen (secondary N) is 1. The van der Waals surface area contributed by atoms with Gasteiger partial charge in [0.25, 0.3) is 11.5 Å². The van der Waals surface area contributed by atoms with Crippen LogP contribution in [0.15, 0.2) is 57.8 Å². The highest BCUT2D eigenvalue weighted by Crippen LogP contribution is 2.22. The minimum absolute atomic E-state index is 0.183. The first-order chi connectivity index (χ1) is 18.3. The van der Waals surface area contributed by atoms with Crippen molar-refractivity contribution in [3.8, 4) is 11.1 Å². The van der Waals surface area contributed by atoms with Crippen LogP contribution in [0.25, 0.3) is 17.2 Å². The summed E-state index contributed by atoms with van der Waals surface area (Å²) in [6.07, 6.45) is 0.172. The molecule has 11 heteroatoms. The maximum atomic E-state index is 13.1. The van der Waals surface area contributed by atoms with Crippen molar-refractivity contribution in [1.82, 2.24) is 14.5 Å². The zero-order valence-electron chi connectivity index (χ0n) is 22.3. The van der Waals surface area contributed by atoms with Crippen LogP contribution in [0, 0.1) is 13.8 Å². The highest BCUT2D eigenvalue weighted by Gasteiger charge is 2.22. The minimum Gasteiger partial charge on any atom is -0.426 e. The molecule has 0 aliphatic carbocycles. The van der Waals surface area contributed by atoms with Gasteiger partial charge in [-0.2, -0.15) is 0 Å². The van der Waals surface area contributed by atoms with E-state index in [1.165, 1.54) is 31.5 Å². The molecule has 1 N–H and O–H groups in total. The van der Waals surface area contributed by atoms with Gasteiger partial charge in [0.1, 0.15) is 5.70 Å². The molecule has 3 aromatic rings. The number of ether oxygens (including phenoxy) is 2. The molecule has 1 unspecified atom stereocenters. The fraction of sp³-hybridized carbons (Fsp3) is 0.250. The van der Waals surface area contributed by atoms with Crippen molar-refractivity contribution in [3.05, 3.63) is 96.4 Å². The summed E-state index contributed by atoms with van der Waals surface area (Å²) in [5.74, 6) is -2.23. The standard InChI is InChI=1S/C28H28ClN3O7/c1-15-8-7-9-21(29)23(15)25(34)30-22(27(36)39-18(4)38-17(3)33)14-19-10-12-20(13-11-19)24-16(2)31(5)28(37)32(6)26(24)35/h7-14,18H,1-6H3,(H,30,34)/b22-14-. The summed E-state index contributed by atoms with van der Waals surface area (Å²) in [5, 5.41) is 2.74. The van der Waals surface area contributed by atoms with Gasteiger partial charge >= 0.3 is 17.6 Å². The fourth-order valence-corrected chi connectivity index (χ4v) is 4.22. The minimum atomic E-state index is -1.20. The summed E-state index contributed by atoms with van der Waals surface area (Å²) in [7, 11) is 2.98. The van der Waals surface area contributed by atoms with Gasteiger partial charge in [-0.25, -0.2) is 9.59 Å². The van der Waals surface area contributed by atoms with E-state index >= 15 is 0 Å². The Labute approximate surface area is 229 Å². The second kappa shape index (κ2) is 12.0. The highest BCUT2D eigenvalue weighted by atomic mass is 35.5. The van der Waals surface area contributed by atoms with Gasteiger partial charge in [-0.3, -0.25) is 19.0 Å². The van der Waals surface area contributed by atoms with Crippen LogP contribution in [-0.4, -0.2) is 33.3 Å². The van der Waals surface area contributed by atoms with E-state index < -0.39 is 35.4 Å². The molecule has 0 spiro atoms. The Hall–Kier alpha value is -4.44. The molecule has 0 aliphatic heterocycles. The molecular weight excluding hydrogens is 526 g/mol. The molecule has 1 aromatic heterocycles. The third-order valence-electron chi connectivity index (χ3n) is 5.99. The largest absolute Gasteiger partial charge is 0.426 e. The number of rotatable bonds is 7. The Kier molecular flexibility index (Phi) is 8.92. The lowest BCUT2D eigenvalue weighted by Gasteiger charge is -2.16. The van der Waals surface area contributed by atoms with E-state index in [1.54, 1.807) is 63.4 Å². The Balaban J connectivity index is 2.01. The van der Waals surface area contributed by atoms with Crippen LogP contribution < -0.4 is 16.6 Å². The number of carbonyl (C=O) groups is 3. The van der Waals surface area contributed by atoms with Crippen LogP contribution in [0.1, 0.15) is 41.0 Å². The Morgan fingerprint density at radius 3 is 2.21 bits per heavy atom. The molecule has 3 rings (SSSR count). The molecule has 0 saturated carbocycles. The lowest BCUT2D eigenvalue weighted by molar-refractivity contribution is -0.180. The Morgan fingerprint density at radius 2 is 1.62 bits per heavy atom. The maximum absolute atomic E-state index is 13.1. The zero-order chi connectivity index (χ0) is 29.0. The number of aryl methyl sites for hydroxylation is 1. The summed E-state index contributed by atoms with van der Waals surface area (Å²) in [6, 6.07) is 11.5. The van der Waals surface area contributed by atoms with Crippen molar-refractivity contribution in [2.75, 3.05) is 0 Å². The molecule has 39 heavy (non-hydrogen) atoms.